The van der Waals surface area contributed by atoms with E-state index in [4.69, 9.17) is 10.5 Å². The zero-order chi connectivity index (χ0) is 15.8. The van der Waals surface area contributed by atoms with Crippen molar-refractivity contribution in [3.8, 4) is 5.75 Å². The van der Waals surface area contributed by atoms with Crippen LogP contribution in [0.5, 0.6) is 5.75 Å². The molecule has 118 valence electrons. The lowest BCUT2D eigenvalue weighted by molar-refractivity contribution is 0.220. The van der Waals surface area contributed by atoms with Crippen LogP contribution in [0.2, 0.25) is 0 Å². The standard InChI is InChI=1S/C14H21FN2O3S/c1-9-4-5-17(10(2)6-9)21(18,19)11-7-12(15)14(20-3)13(16)8-11/h7-10H,4-6,16H2,1-3H3. The summed E-state index contributed by atoms with van der Waals surface area (Å²) in [7, 11) is -2.46. The fourth-order valence-corrected chi connectivity index (χ4v) is 4.54. The summed E-state index contributed by atoms with van der Waals surface area (Å²) in [4.78, 5) is -0.125. The SMILES string of the molecule is COc1c(N)cc(S(=O)(=O)N2CCC(C)CC2C)cc1F. The molecular formula is C14H21FN2O3S. The van der Waals surface area contributed by atoms with Gasteiger partial charge in [0.15, 0.2) is 11.6 Å². The van der Waals surface area contributed by atoms with Gasteiger partial charge in [0.2, 0.25) is 10.0 Å². The summed E-state index contributed by atoms with van der Waals surface area (Å²) >= 11 is 0. The van der Waals surface area contributed by atoms with Crippen molar-refractivity contribution in [3.63, 3.8) is 0 Å². The Kier molecular flexibility index (Phi) is 4.43. The Morgan fingerprint density at radius 1 is 1.38 bits per heavy atom. The van der Waals surface area contributed by atoms with Crippen LogP contribution in [0.15, 0.2) is 17.0 Å². The van der Waals surface area contributed by atoms with E-state index in [0.29, 0.717) is 12.5 Å². The summed E-state index contributed by atoms with van der Waals surface area (Å²) in [5, 5.41) is 0. The zero-order valence-electron chi connectivity index (χ0n) is 12.5. The van der Waals surface area contributed by atoms with Gasteiger partial charge in [-0.25, -0.2) is 12.8 Å². The van der Waals surface area contributed by atoms with Crippen molar-refractivity contribution in [2.75, 3.05) is 19.4 Å². The Labute approximate surface area is 124 Å². The van der Waals surface area contributed by atoms with Gasteiger partial charge in [0.25, 0.3) is 0 Å². The van der Waals surface area contributed by atoms with Gasteiger partial charge in [-0.15, -0.1) is 0 Å². The molecule has 0 aromatic heterocycles. The molecule has 1 saturated heterocycles. The summed E-state index contributed by atoms with van der Waals surface area (Å²) in [6.45, 7) is 4.42. The Morgan fingerprint density at radius 3 is 2.57 bits per heavy atom. The van der Waals surface area contributed by atoms with E-state index in [1.54, 1.807) is 0 Å². The van der Waals surface area contributed by atoms with E-state index in [0.717, 1.165) is 18.9 Å². The summed E-state index contributed by atoms with van der Waals surface area (Å²) in [5.41, 5.74) is 5.65. The third kappa shape index (κ3) is 2.98. The van der Waals surface area contributed by atoms with Gasteiger partial charge in [-0.3, -0.25) is 0 Å². The molecule has 0 bridgehead atoms. The average Bonchev–Trinajstić information content (AvgIpc) is 2.37. The lowest BCUT2D eigenvalue weighted by Crippen LogP contribution is -2.44. The van der Waals surface area contributed by atoms with Crippen LogP contribution in [-0.2, 0) is 10.0 Å². The molecule has 0 saturated carbocycles. The van der Waals surface area contributed by atoms with Crippen molar-refractivity contribution in [2.24, 2.45) is 5.92 Å². The van der Waals surface area contributed by atoms with E-state index in [2.05, 4.69) is 6.92 Å². The molecule has 1 aliphatic rings. The number of anilines is 1. The van der Waals surface area contributed by atoms with Crippen molar-refractivity contribution in [2.45, 2.75) is 37.6 Å². The molecule has 2 N–H and O–H groups in total. The maximum atomic E-state index is 13.9. The molecule has 2 unspecified atom stereocenters. The normalized spacial score (nSPS) is 24.0. The molecule has 1 aromatic rings. The van der Waals surface area contributed by atoms with Crippen molar-refractivity contribution in [3.05, 3.63) is 17.9 Å². The molecule has 1 aromatic carbocycles. The van der Waals surface area contributed by atoms with E-state index in [-0.39, 0.29) is 22.4 Å². The molecule has 7 heteroatoms. The highest BCUT2D eigenvalue weighted by atomic mass is 32.2. The van der Waals surface area contributed by atoms with Gasteiger partial charge < -0.3 is 10.5 Å². The number of piperidine rings is 1. The number of nitrogens with two attached hydrogens (primary N) is 1. The fraction of sp³-hybridized carbons (Fsp3) is 0.571. The van der Waals surface area contributed by atoms with Crippen LogP contribution in [0.4, 0.5) is 10.1 Å². The fourth-order valence-electron chi connectivity index (χ4n) is 2.83. The molecule has 0 spiro atoms. The molecule has 0 aliphatic carbocycles. The van der Waals surface area contributed by atoms with E-state index in [1.165, 1.54) is 17.5 Å². The number of nitrogens with zero attached hydrogens (tertiary/aromatic N) is 1. The van der Waals surface area contributed by atoms with Gasteiger partial charge in [0.05, 0.1) is 17.7 Å². The highest BCUT2D eigenvalue weighted by Crippen LogP contribution is 2.32. The van der Waals surface area contributed by atoms with Crippen molar-refractivity contribution >= 4 is 15.7 Å². The molecule has 0 amide bonds. The minimum absolute atomic E-state index is 0.0193. The van der Waals surface area contributed by atoms with Crippen LogP contribution < -0.4 is 10.5 Å². The van der Waals surface area contributed by atoms with Gasteiger partial charge >= 0.3 is 0 Å². The summed E-state index contributed by atoms with van der Waals surface area (Å²) < 4.78 is 45.5. The molecule has 1 fully saturated rings. The van der Waals surface area contributed by atoms with Crippen molar-refractivity contribution < 1.29 is 17.5 Å². The quantitative estimate of drug-likeness (QED) is 0.868. The number of benzene rings is 1. The topological polar surface area (TPSA) is 72.6 Å². The Balaban J connectivity index is 2.40. The number of halogens is 1. The second kappa shape index (κ2) is 5.81. The number of ether oxygens (including phenoxy) is 1. The maximum Gasteiger partial charge on any atom is 0.243 e. The first-order chi connectivity index (χ1) is 9.77. The predicted molar refractivity (Wildman–Crippen MR) is 79.1 cm³/mol. The first-order valence-corrected chi connectivity index (χ1v) is 8.36. The second-order valence-corrected chi connectivity index (χ2v) is 7.51. The van der Waals surface area contributed by atoms with E-state index in [9.17, 15) is 12.8 Å². The first kappa shape index (κ1) is 16.0. The smallest absolute Gasteiger partial charge is 0.243 e. The number of sulfonamides is 1. The molecule has 21 heavy (non-hydrogen) atoms. The molecule has 2 rings (SSSR count). The molecular weight excluding hydrogens is 295 g/mol. The van der Waals surface area contributed by atoms with E-state index < -0.39 is 15.8 Å². The van der Waals surface area contributed by atoms with Gasteiger partial charge in [-0.05, 0) is 37.8 Å². The monoisotopic (exact) mass is 316 g/mol. The molecule has 0 radical (unpaired) electrons. The number of hydrogen-bond donors (Lipinski definition) is 1. The minimum atomic E-state index is -3.75. The Morgan fingerprint density at radius 2 is 2.05 bits per heavy atom. The maximum absolute atomic E-state index is 13.9. The molecule has 2 atom stereocenters. The number of nitrogen functional groups attached to an aromatic ring is 1. The summed E-state index contributed by atoms with van der Waals surface area (Å²) in [6, 6.07) is 2.11. The lowest BCUT2D eigenvalue weighted by atomic mass is 9.95. The van der Waals surface area contributed by atoms with Crippen LogP contribution >= 0.6 is 0 Å². The lowest BCUT2D eigenvalue weighted by Gasteiger charge is -2.35. The summed E-state index contributed by atoms with van der Waals surface area (Å²) in [6.07, 6.45) is 1.60. The number of methoxy groups -OCH3 is 1. The molecule has 1 heterocycles. The highest BCUT2D eigenvalue weighted by molar-refractivity contribution is 7.89. The minimum Gasteiger partial charge on any atom is -0.492 e. The van der Waals surface area contributed by atoms with Crippen LogP contribution in [0.25, 0.3) is 0 Å². The summed E-state index contributed by atoms with van der Waals surface area (Å²) in [5.74, 6) is -0.410. The van der Waals surface area contributed by atoms with Crippen LogP contribution in [0.1, 0.15) is 26.7 Å². The molecule has 1 aliphatic heterocycles. The molecule has 5 nitrogen and oxygen atoms in total. The largest absolute Gasteiger partial charge is 0.492 e. The van der Waals surface area contributed by atoms with Gasteiger partial charge in [0.1, 0.15) is 0 Å². The van der Waals surface area contributed by atoms with E-state index >= 15 is 0 Å². The van der Waals surface area contributed by atoms with Gasteiger partial charge in [0, 0.05) is 12.6 Å². The Bertz CT molecular complexity index is 610. The zero-order valence-corrected chi connectivity index (χ0v) is 13.3. The third-order valence-electron chi connectivity index (χ3n) is 3.93. The third-order valence-corrected chi connectivity index (χ3v) is 5.93. The van der Waals surface area contributed by atoms with Crippen molar-refractivity contribution in [1.29, 1.82) is 0 Å². The second-order valence-electron chi connectivity index (χ2n) is 5.62. The number of rotatable bonds is 3. The average molecular weight is 316 g/mol. The first-order valence-electron chi connectivity index (χ1n) is 6.92. The Hall–Kier alpha value is -1.34. The predicted octanol–water partition coefficient (Wildman–Crippen LogP) is 2.23. The van der Waals surface area contributed by atoms with Gasteiger partial charge in [-0.2, -0.15) is 4.31 Å². The van der Waals surface area contributed by atoms with Crippen molar-refractivity contribution in [1.82, 2.24) is 4.31 Å². The van der Waals surface area contributed by atoms with Crippen LogP contribution in [-0.4, -0.2) is 32.4 Å². The van der Waals surface area contributed by atoms with E-state index in [1.807, 2.05) is 6.92 Å². The van der Waals surface area contributed by atoms with Crippen LogP contribution in [0, 0.1) is 11.7 Å². The number of hydrogen-bond acceptors (Lipinski definition) is 4. The van der Waals surface area contributed by atoms with Gasteiger partial charge in [-0.1, -0.05) is 6.92 Å². The highest BCUT2D eigenvalue weighted by Gasteiger charge is 2.34. The van der Waals surface area contributed by atoms with Crippen LogP contribution in [0.3, 0.4) is 0 Å².